The van der Waals surface area contributed by atoms with Crippen LogP contribution in [0.25, 0.3) is 0 Å². The molecule has 0 atom stereocenters. The zero-order chi connectivity index (χ0) is 35.0. The Morgan fingerprint density at radius 2 is 0.667 bits per heavy atom. The topological polar surface area (TPSA) is 122 Å². The van der Waals surface area contributed by atoms with Gasteiger partial charge in [-0.05, 0) is 34.9 Å². The molecule has 0 radical (unpaired) electrons. The van der Waals surface area contributed by atoms with Gasteiger partial charge in [0.05, 0.1) is 139 Å². The van der Waals surface area contributed by atoms with Crippen LogP contribution in [0.2, 0.25) is 0 Å². The van der Waals surface area contributed by atoms with Crippen LogP contribution < -0.4 is 4.74 Å². The van der Waals surface area contributed by atoms with Crippen molar-refractivity contribution in [3.05, 3.63) is 29.8 Å². The lowest BCUT2D eigenvalue weighted by Crippen LogP contribution is -2.24. The van der Waals surface area contributed by atoms with Gasteiger partial charge in [-0.2, -0.15) is 0 Å². The van der Waals surface area contributed by atoms with Crippen LogP contribution in [0.5, 0.6) is 5.75 Å². The highest BCUT2D eigenvalue weighted by Crippen LogP contribution is 2.36. The number of ether oxygens (including phenoxy) is 11. The summed E-state index contributed by atoms with van der Waals surface area (Å²) in [4.78, 5) is 0. The van der Waals surface area contributed by atoms with E-state index in [4.69, 9.17) is 57.2 Å². The maximum atomic E-state index is 8.59. The van der Waals surface area contributed by atoms with Crippen molar-refractivity contribution >= 4 is 0 Å². The van der Waals surface area contributed by atoms with Crippen LogP contribution >= 0.6 is 0 Å². The Kier molecular flexibility index (Phi) is 28.3. The van der Waals surface area contributed by atoms with Gasteiger partial charge in [-0.1, -0.05) is 46.8 Å². The molecule has 0 saturated heterocycles. The van der Waals surface area contributed by atoms with E-state index in [2.05, 4.69) is 46.8 Å². The third kappa shape index (κ3) is 28.4. The standard InChI is InChI=1S/C36H66O12/c1-35(2,3)32-36(4,5)33-6-8-34(9-7-33)48-31-30-47-29-28-46-27-26-45-25-24-44-23-22-43-21-20-42-19-18-41-17-16-40-15-14-39-13-12-38-11-10-37/h6-9,37H,10-32H2,1-5H3. The van der Waals surface area contributed by atoms with E-state index in [-0.39, 0.29) is 17.4 Å². The molecule has 1 N–H and O–H groups in total. The molecule has 0 saturated carbocycles. The summed E-state index contributed by atoms with van der Waals surface area (Å²) in [5.41, 5.74) is 1.73. The first kappa shape index (κ1) is 44.6. The second-order valence-electron chi connectivity index (χ2n) is 12.8. The zero-order valence-corrected chi connectivity index (χ0v) is 30.5. The molecule has 0 unspecified atom stereocenters. The van der Waals surface area contributed by atoms with Gasteiger partial charge in [0.15, 0.2) is 0 Å². The van der Waals surface area contributed by atoms with Crippen molar-refractivity contribution in [2.24, 2.45) is 5.41 Å². The number of hydrogen-bond donors (Lipinski definition) is 1. The summed E-state index contributed by atoms with van der Waals surface area (Å²) >= 11 is 0. The molecule has 1 aromatic rings. The van der Waals surface area contributed by atoms with Crippen molar-refractivity contribution in [1.29, 1.82) is 0 Å². The minimum Gasteiger partial charge on any atom is -0.491 e. The molecular weight excluding hydrogens is 624 g/mol. The van der Waals surface area contributed by atoms with Gasteiger partial charge in [-0.15, -0.1) is 0 Å². The molecule has 0 aliphatic carbocycles. The van der Waals surface area contributed by atoms with Gasteiger partial charge in [0.25, 0.3) is 0 Å². The molecule has 0 bridgehead atoms. The van der Waals surface area contributed by atoms with Crippen molar-refractivity contribution in [2.75, 3.05) is 145 Å². The van der Waals surface area contributed by atoms with Crippen LogP contribution in [0.15, 0.2) is 24.3 Å². The van der Waals surface area contributed by atoms with Crippen LogP contribution in [0.3, 0.4) is 0 Å². The average molecular weight is 691 g/mol. The fourth-order valence-electron chi connectivity index (χ4n) is 4.79. The summed E-state index contributed by atoms with van der Waals surface area (Å²) in [5.74, 6) is 0.860. The summed E-state index contributed by atoms with van der Waals surface area (Å²) in [6.45, 7) is 21.9. The number of rotatable bonds is 35. The van der Waals surface area contributed by atoms with Crippen molar-refractivity contribution in [3.63, 3.8) is 0 Å². The molecule has 0 aromatic heterocycles. The Morgan fingerprint density at radius 1 is 0.396 bits per heavy atom. The van der Waals surface area contributed by atoms with E-state index in [0.29, 0.717) is 139 Å². The molecule has 48 heavy (non-hydrogen) atoms. The van der Waals surface area contributed by atoms with Crippen molar-refractivity contribution in [1.82, 2.24) is 0 Å². The fraction of sp³-hybridized carbons (Fsp3) is 0.833. The van der Waals surface area contributed by atoms with E-state index in [0.717, 1.165) is 12.2 Å². The van der Waals surface area contributed by atoms with Crippen LogP contribution in [0.1, 0.15) is 46.6 Å². The number of aliphatic hydroxyl groups excluding tert-OH is 1. The lowest BCUT2D eigenvalue weighted by molar-refractivity contribution is -0.0270. The molecule has 0 amide bonds. The highest BCUT2D eigenvalue weighted by molar-refractivity contribution is 5.31. The van der Waals surface area contributed by atoms with Gasteiger partial charge in [0.1, 0.15) is 12.4 Å². The van der Waals surface area contributed by atoms with E-state index < -0.39 is 0 Å². The quantitative estimate of drug-likeness (QED) is 0.104. The van der Waals surface area contributed by atoms with Gasteiger partial charge >= 0.3 is 0 Å². The first-order valence-corrected chi connectivity index (χ1v) is 17.4. The molecule has 0 spiro atoms. The van der Waals surface area contributed by atoms with Crippen LogP contribution in [0, 0.1) is 5.41 Å². The molecule has 1 aromatic carbocycles. The van der Waals surface area contributed by atoms with Crippen molar-refractivity contribution < 1.29 is 57.2 Å². The predicted molar refractivity (Wildman–Crippen MR) is 184 cm³/mol. The number of aliphatic hydroxyl groups is 1. The molecular formula is C36H66O12. The summed E-state index contributed by atoms with van der Waals surface area (Å²) < 4.78 is 60.2. The monoisotopic (exact) mass is 690 g/mol. The second-order valence-corrected chi connectivity index (χ2v) is 12.8. The Morgan fingerprint density at radius 3 is 0.938 bits per heavy atom. The van der Waals surface area contributed by atoms with Gasteiger partial charge in [-0.3, -0.25) is 0 Å². The van der Waals surface area contributed by atoms with E-state index in [1.807, 2.05) is 12.1 Å². The maximum absolute atomic E-state index is 8.59. The van der Waals surface area contributed by atoms with Gasteiger partial charge < -0.3 is 57.2 Å². The Balaban J connectivity index is 1.74. The first-order chi connectivity index (χ1) is 23.2. The molecule has 12 nitrogen and oxygen atoms in total. The van der Waals surface area contributed by atoms with Gasteiger partial charge in [-0.25, -0.2) is 0 Å². The van der Waals surface area contributed by atoms with Gasteiger partial charge in [0, 0.05) is 0 Å². The van der Waals surface area contributed by atoms with Crippen LogP contribution in [-0.4, -0.2) is 150 Å². The number of benzene rings is 1. The lowest BCUT2D eigenvalue weighted by atomic mass is 9.72. The Bertz CT molecular complexity index is 816. The highest BCUT2D eigenvalue weighted by atomic mass is 16.6. The Hall–Kier alpha value is -1.42. The summed E-state index contributed by atoms with van der Waals surface area (Å²) in [6, 6.07) is 8.42. The SMILES string of the molecule is CC(C)(C)CC(C)(C)c1ccc(OCCOCCOCCOCCOCCOCCOCCOCCOCCOCCOCCO)cc1. The number of hydrogen-bond acceptors (Lipinski definition) is 12. The van der Waals surface area contributed by atoms with E-state index in [9.17, 15) is 0 Å². The van der Waals surface area contributed by atoms with E-state index in [1.54, 1.807) is 0 Å². The van der Waals surface area contributed by atoms with Crippen molar-refractivity contribution in [3.8, 4) is 5.75 Å². The maximum Gasteiger partial charge on any atom is 0.119 e. The minimum atomic E-state index is 0.0257. The first-order valence-electron chi connectivity index (χ1n) is 17.4. The molecule has 0 fully saturated rings. The molecule has 282 valence electrons. The summed E-state index contributed by atoms with van der Waals surface area (Å²) in [6.07, 6.45) is 1.12. The normalized spacial score (nSPS) is 12.2. The van der Waals surface area contributed by atoms with Gasteiger partial charge in [0.2, 0.25) is 0 Å². The zero-order valence-electron chi connectivity index (χ0n) is 30.5. The summed E-state index contributed by atoms with van der Waals surface area (Å²) in [5, 5.41) is 8.59. The molecule has 0 heterocycles. The Labute approximate surface area is 289 Å². The average Bonchev–Trinajstić information content (AvgIpc) is 3.04. The second kappa shape index (κ2) is 30.4. The smallest absolute Gasteiger partial charge is 0.119 e. The van der Waals surface area contributed by atoms with Crippen LogP contribution in [-0.2, 0) is 52.8 Å². The van der Waals surface area contributed by atoms with Crippen LogP contribution in [0.4, 0.5) is 0 Å². The third-order valence-corrected chi connectivity index (χ3v) is 6.69. The summed E-state index contributed by atoms with van der Waals surface area (Å²) in [7, 11) is 0. The molecule has 0 aliphatic heterocycles. The van der Waals surface area contributed by atoms with E-state index >= 15 is 0 Å². The molecule has 0 aliphatic rings. The fourth-order valence-corrected chi connectivity index (χ4v) is 4.79. The van der Waals surface area contributed by atoms with E-state index in [1.165, 1.54) is 5.56 Å². The molecule has 1 rings (SSSR count). The predicted octanol–water partition coefficient (Wildman–Crippen LogP) is 3.94. The van der Waals surface area contributed by atoms with Crippen molar-refractivity contribution in [2.45, 2.75) is 46.5 Å². The third-order valence-electron chi connectivity index (χ3n) is 6.69. The molecule has 12 heteroatoms. The lowest BCUT2D eigenvalue weighted by Gasteiger charge is -2.33. The highest BCUT2D eigenvalue weighted by Gasteiger charge is 2.27. The minimum absolute atomic E-state index is 0.0257. The largest absolute Gasteiger partial charge is 0.491 e.